The van der Waals surface area contributed by atoms with Gasteiger partial charge in [-0.2, -0.15) is 0 Å². The number of hydrogen-bond donors (Lipinski definition) is 0. The molecule has 2 heterocycles. The van der Waals surface area contributed by atoms with Gasteiger partial charge in [0.25, 0.3) is 0 Å². The van der Waals surface area contributed by atoms with Crippen molar-refractivity contribution in [3.8, 4) is 0 Å². The van der Waals surface area contributed by atoms with E-state index in [0.717, 1.165) is 26.2 Å². The maximum absolute atomic E-state index is 11.7. The molecule has 2 aliphatic heterocycles. The van der Waals surface area contributed by atoms with E-state index < -0.39 is 0 Å². The molecule has 16 heavy (non-hydrogen) atoms. The van der Waals surface area contributed by atoms with Gasteiger partial charge in [-0.3, -0.25) is 19.4 Å². The molecule has 2 rings (SSSR count). The third kappa shape index (κ3) is 2.25. The summed E-state index contributed by atoms with van der Waals surface area (Å²) in [5, 5.41) is 0. The Hall–Kier alpha value is -0.940. The van der Waals surface area contributed by atoms with Crippen LogP contribution in [0.25, 0.3) is 0 Å². The van der Waals surface area contributed by atoms with Gasteiger partial charge in [0.15, 0.2) is 0 Å². The summed E-state index contributed by atoms with van der Waals surface area (Å²) in [5.74, 6) is -0.152. The summed E-state index contributed by atoms with van der Waals surface area (Å²) in [4.78, 5) is 29.2. The number of imide groups is 1. The van der Waals surface area contributed by atoms with Gasteiger partial charge in [-0.05, 0) is 7.05 Å². The molecular formula is C11H19N3O2. The standard InChI is InChI=1S/C11H19N3O2/c1-9-7-10(15)14(11(9)16)8-13-5-3-12(2)4-6-13/h9H,3-8H2,1-2H3. The van der Waals surface area contributed by atoms with E-state index in [4.69, 9.17) is 0 Å². The maximum atomic E-state index is 11.7. The molecule has 1 atom stereocenters. The van der Waals surface area contributed by atoms with Crippen LogP contribution in [0.5, 0.6) is 0 Å². The van der Waals surface area contributed by atoms with E-state index in [0.29, 0.717) is 13.1 Å². The number of carbonyl (C=O) groups is 2. The molecule has 0 saturated carbocycles. The minimum Gasteiger partial charge on any atom is -0.304 e. The summed E-state index contributed by atoms with van der Waals surface area (Å²) in [7, 11) is 2.09. The van der Waals surface area contributed by atoms with E-state index in [1.54, 1.807) is 0 Å². The number of piperazine rings is 1. The first-order chi connectivity index (χ1) is 7.58. The molecule has 2 aliphatic rings. The number of nitrogens with zero attached hydrogens (tertiary/aromatic N) is 3. The minimum atomic E-state index is -0.125. The Kier molecular flexibility index (Phi) is 3.25. The Labute approximate surface area is 96.0 Å². The normalized spacial score (nSPS) is 29.1. The molecule has 5 heteroatoms. The minimum absolute atomic E-state index is 0.0103. The monoisotopic (exact) mass is 225 g/mol. The Morgan fingerprint density at radius 1 is 1.19 bits per heavy atom. The molecule has 5 nitrogen and oxygen atoms in total. The molecule has 0 spiro atoms. The molecule has 0 N–H and O–H groups in total. The number of likely N-dealkylation sites (N-methyl/N-ethyl adjacent to an activating group) is 1. The van der Waals surface area contributed by atoms with Crippen molar-refractivity contribution in [2.75, 3.05) is 39.9 Å². The van der Waals surface area contributed by atoms with Crippen LogP contribution in [0.3, 0.4) is 0 Å². The highest BCUT2D eigenvalue weighted by atomic mass is 16.2. The van der Waals surface area contributed by atoms with Crippen molar-refractivity contribution < 1.29 is 9.59 Å². The average Bonchev–Trinajstić information content (AvgIpc) is 2.48. The lowest BCUT2D eigenvalue weighted by Crippen LogP contribution is -2.50. The van der Waals surface area contributed by atoms with Crippen LogP contribution in [0, 0.1) is 5.92 Å². The number of likely N-dealkylation sites (tertiary alicyclic amines) is 1. The molecule has 2 fully saturated rings. The smallest absolute Gasteiger partial charge is 0.233 e. The van der Waals surface area contributed by atoms with Crippen LogP contribution in [0.15, 0.2) is 0 Å². The van der Waals surface area contributed by atoms with Gasteiger partial charge in [-0.1, -0.05) is 6.92 Å². The topological polar surface area (TPSA) is 43.9 Å². The van der Waals surface area contributed by atoms with Gasteiger partial charge < -0.3 is 4.90 Å². The van der Waals surface area contributed by atoms with Crippen molar-refractivity contribution >= 4 is 11.8 Å². The van der Waals surface area contributed by atoms with Crippen molar-refractivity contribution in [2.45, 2.75) is 13.3 Å². The summed E-state index contributed by atoms with van der Waals surface area (Å²) >= 11 is 0. The summed E-state index contributed by atoms with van der Waals surface area (Å²) in [6, 6.07) is 0. The fourth-order valence-electron chi connectivity index (χ4n) is 2.19. The van der Waals surface area contributed by atoms with Crippen LogP contribution in [-0.4, -0.2) is 66.4 Å². The van der Waals surface area contributed by atoms with Crippen molar-refractivity contribution in [1.82, 2.24) is 14.7 Å². The molecule has 1 unspecified atom stereocenters. The van der Waals surface area contributed by atoms with Crippen molar-refractivity contribution in [2.24, 2.45) is 5.92 Å². The first kappa shape index (κ1) is 11.5. The van der Waals surface area contributed by atoms with Gasteiger partial charge in [0.1, 0.15) is 0 Å². The van der Waals surface area contributed by atoms with Gasteiger partial charge in [0.2, 0.25) is 11.8 Å². The molecule has 0 radical (unpaired) electrons. The summed E-state index contributed by atoms with van der Waals surface area (Å²) in [6.07, 6.45) is 0.382. The van der Waals surface area contributed by atoms with Crippen LogP contribution >= 0.6 is 0 Å². The van der Waals surface area contributed by atoms with E-state index in [2.05, 4.69) is 16.8 Å². The Morgan fingerprint density at radius 3 is 2.31 bits per heavy atom. The zero-order valence-electron chi connectivity index (χ0n) is 9.98. The summed E-state index contributed by atoms with van der Waals surface area (Å²) in [6.45, 7) is 6.18. The largest absolute Gasteiger partial charge is 0.304 e. The quantitative estimate of drug-likeness (QED) is 0.599. The van der Waals surface area contributed by atoms with Crippen molar-refractivity contribution in [3.63, 3.8) is 0 Å². The second-order valence-corrected chi connectivity index (χ2v) is 4.83. The predicted molar refractivity (Wildman–Crippen MR) is 59.6 cm³/mol. The highest BCUT2D eigenvalue weighted by molar-refractivity contribution is 6.03. The van der Waals surface area contributed by atoms with Gasteiger partial charge in [0.05, 0.1) is 6.67 Å². The van der Waals surface area contributed by atoms with E-state index in [1.807, 2.05) is 6.92 Å². The fraction of sp³-hybridized carbons (Fsp3) is 0.818. The molecule has 0 aromatic carbocycles. The zero-order chi connectivity index (χ0) is 11.7. The zero-order valence-corrected chi connectivity index (χ0v) is 9.98. The molecule has 0 aromatic rings. The van der Waals surface area contributed by atoms with E-state index >= 15 is 0 Å². The predicted octanol–water partition coefficient (Wildman–Crippen LogP) is -0.414. The highest BCUT2D eigenvalue weighted by Crippen LogP contribution is 2.19. The van der Waals surface area contributed by atoms with Crippen LogP contribution in [-0.2, 0) is 9.59 Å². The Balaban J connectivity index is 1.90. The molecule has 0 bridgehead atoms. The maximum Gasteiger partial charge on any atom is 0.233 e. The highest BCUT2D eigenvalue weighted by Gasteiger charge is 2.36. The van der Waals surface area contributed by atoms with Gasteiger partial charge in [0, 0.05) is 38.5 Å². The average molecular weight is 225 g/mol. The van der Waals surface area contributed by atoms with Gasteiger partial charge >= 0.3 is 0 Å². The number of hydrogen-bond acceptors (Lipinski definition) is 4. The summed E-state index contributed by atoms with van der Waals surface area (Å²) < 4.78 is 0. The number of rotatable bonds is 2. The van der Waals surface area contributed by atoms with Crippen LogP contribution in [0.4, 0.5) is 0 Å². The first-order valence-electron chi connectivity index (χ1n) is 5.83. The molecule has 0 aliphatic carbocycles. The molecular weight excluding hydrogens is 206 g/mol. The second-order valence-electron chi connectivity index (χ2n) is 4.83. The van der Waals surface area contributed by atoms with Crippen molar-refractivity contribution in [1.29, 1.82) is 0 Å². The van der Waals surface area contributed by atoms with Gasteiger partial charge in [-0.25, -0.2) is 0 Å². The van der Waals surface area contributed by atoms with E-state index in [9.17, 15) is 9.59 Å². The van der Waals surface area contributed by atoms with E-state index in [1.165, 1.54) is 4.90 Å². The number of carbonyl (C=O) groups excluding carboxylic acids is 2. The van der Waals surface area contributed by atoms with Crippen LogP contribution in [0.2, 0.25) is 0 Å². The van der Waals surface area contributed by atoms with Crippen molar-refractivity contribution in [3.05, 3.63) is 0 Å². The first-order valence-corrected chi connectivity index (χ1v) is 5.83. The molecule has 90 valence electrons. The van der Waals surface area contributed by atoms with Gasteiger partial charge in [-0.15, -0.1) is 0 Å². The SMILES string of the molecule is CC1CC(=O)N(CN2CCN(C)CC2)C1=O. The van der Waals surface area contributed by atoms with E-state index in [-0.39, 0.29) is 17.7 Å². The fourth-order valence-corrected chi connectivity index (χ4v) is 2.19. The Bertz CT molecular complexity index is 298. The third-order valence-electron chi connectivity index (χ3n) is 3.41. The van der Waals surface area contributed by atoms with Crippen LogP contribution < -0.4 is 0 Å². The Morgan fingerprint density at radius 2 is 1.81 bits per heavy atom. The number of amides is 2. The molecule has 2 amide bonds. The lowest BCUT2D eigenvalue weighted by molar-refractivity contribution is -0.142. The summed E-state index contributed by atoms with van der Waals surface area (Å²) in [5.41, 5.74) is 0. The second kappa shape index (κ2) is 4.51. The van der Waals surface area contributed by atoms with Crippen LogP contribution in [0.1, 0.15) is 13.3 Å². The molecule has 0 aromatic heterocycles. The third-order valence-corrected chi connectivity index (χ3v) is 3.41. The molecule has 2 saturated heterocycles. The lowest BCUT2D eigenvalue weighted by Gasteiger charge is -2.34. The lowest BCUT2D eigenvalue weighted by atomic mass is 10.1.